The Hall–Kier alpha value is -2.82. The second-order valence-corrected chi connectivity index (χ2v) is 6.81. The van der Waals surface area contributed by atoms with Gasteiger partial charge in [-0.1, -0.05) is 54.0 Å². The first-order valence-electron chi connectivity index (χ1n) is 9.29. The third-order valence-corrected chi connectivity index (χ3v) is 4.70. The van der Waals surface area contributed by atoms with Crippen LogP contribution in [0.2, 0.25) is 0 Å². The number of hydrogen-bond acceptors (Lipinski definition) is 4. The van der Waals surface area contributed by atoms with Gasteiger partial charge in [0.05, 0.1) is 19.4 Å². The fourth-order valence-electron chi connectivity index (χ4n) is 3.16. The molecule has 1 atom stereocenters. The van der Waals surface area contributed by atoms with E-state index in [4.69, 9.17) is 9.57 Å². The molecule has 0 bridgehead atoms. The molecule has 1 aliphatic rings. The summed E-state index contributed by atoms with van der Waals surface area (Å²) in [7, 11) is 1.64. The summed E-state index contributed by atoms with van der Waals surface area (Å²) in [5, 5.41) is 4.25. The van der Waals surface area contributed by atoms with Gasteiger partial charge in [0.1, 0.15) is 5.75 Å². The van der Waals surface area contributed by atoms with Crippen molar-refractivity contribution in [1.82, 2.24) is 4.90 Å². The smallest absolute Gasteiger partial charge is 0.222 e. The van der Waals surface area contributed by atoms with Crippen LogP contribution in [-0.2, 0) is 16.2 Å². The lowest BCUT2D eigenvalue weighted by atomic mass is 10.0. The molecular formula is C22H26N2O3. The van der Waals surface area contributed by atoms with E-state index in [0.717, 1.165) is 22.6 Å². The van der Waals surface area contributed by atoms with Crippen molar-refractivity contribution in [1.29, 1.82) is 0 Å². The van der Waals surface area contributed by atoms with E-state index in [-0.39, 0.29) is 12.0 Å². The molecule has 0 fully saturated rings. The molecule has 1 amide bonds. The van der Waals surface area contributed by atoms with Crippen molar-refractivity contribution in [2.75, 3.05) is 13.7 Å². The van der Waals surface area contributed by atoms with Crippen LogP contribution in [-0.4, -0.2) is 36.3 Å². The monoisotopic (exact) mass is 366 g/mol. The number of aryl methyl sites for hydroxylation is 1. The predicted octanol–water partition coefficient (Wildman–Crippen LogP) is 3.94. The quantitative estimate of drug-likeness (QED) is 0.746. The highest BCUT2D eigenvalue weighted by Crippen LogP contribution is 2.20. The van der Waals surface area contributed by atoms with Crippen molar-refractivity contribution < 1.29 is 14.4 Å². The van der Waals surface area contributed by atoms with Crippen LogP contribution in [0.5, 0.6) is 5.75 Å². The number of methoxy groups -OCH3 is 1. The Labute approximate surface area is 160 Å². The fourth-order valence-corrected chi connectivity index (χ4v) is 3.16. The third kappa shape index (κ3) is 4.88. The van der Waals surface area contributed by atoms with E-state index < -0.39 is 0 Å². The van der Waals surface area contributed by atoms with Gasteiger partial charge in [0.15, 0.2) is 6.10 Å². The lowest BCUT2D eigenvalue weighted by Crippen LogP contribution is -2.36. The highest BCUT2D eigenvalue weighted by Gasteiger charge is 2.26. The molecule has 1 heterocycles. The van der Waals surface area contributed by atoms with Crippen molar-refractivity contribution in [3.63, 3.8) is 0 Å². The summed E-state index contributed by atoms with van der Waals surface area (Å²) in [6.07, 6.45) is 1.04. The average Bonchev–Trinajstić information content (AvgIpc) is 3.16. The number of benzene rings is 2. The molecule has 0 unspecified atom stereocenters. The zero-order valence-electron chi connectivity index (χ0n) is 16.1. The van der Waals surface area contributed by atoms with Gasteiger partial charge in [-0.3, -0.25) is 4.79 Å². The zero-order valence-corrected chi connectivity index (χ0v) is 16.1. The van der Waals surface area contributed by atoms with Crippen molar-refractivity contribution in [3.8, 4) is 5.75 Å². The van der Waals surface area contributed by atoms with Gasteiger partial charge in [0.2, 0.25) is 5.91 Å². The topological polar surface area (TPSA) is 51.1 Å². The summed E-state index contributed by atoms with van der Waals surface area (Å²) in [6.45, 7) is 4.99. The van der Waals surface area contributed by atoms with Crippen LogP contribution in [0.25, 0.3) is 0 Å². The SMILES string of the molecule is CCC(=O)N(Cc1cccc(OC)c1)C[C@@H]1CC(c2ccc(C)cc2)=NO1. The van der Waals surface area contributed by atoms with E-state index in [1.54, 1.807) is 7.11 Å². The standard InChI is InChI=1S/C22H26N2O3/c1-4-22(25)24(14-17-6-5-7-19(12-17)26-3)15-20-13-21(23-27-20)18-10-8-16(2)9-11-18/h5-12,20H,4,13-15H2,1-3H3/t20-/m0/s1. The first-order valence-corrected chi connectivity index (χ1v) is 9.29. The molecule has 0 radical (unpaired) electrons. The van der Waals surface area contributed by atoms with Crippen LogP contribution < -0.4 is 4.74 Å². The molecule has 5 nitrogen and oxygen atoms in total. The van der Waals surface area contributed by atoms with E-state index in [1.807, 2.05) is 36.1 Å². The zero-order chi connectivity index (χ0) is 19.2. The average molecular weight is 366 g/mol. The number of amides is 1. The minimum Gasteiger partial charge on any atom is -0.497 e. The molecule has 1 aliphatic heterocycles. The number of nitrogens with zero attached hydrogens (tertiary/aromatic N) is 2. The number of carbonyl (C=O) groups excluding carboxylic acids is 1. The van der Waals surface area contributed by atoms with E-state index in [1.165, 1.54) is 5.56 Å². The van der Waals surface area contributed by atoms with Gasteiger partial charge in [0, 0.05) is 19.4 Å². The predicted molar refractivity (Wildman–Crippen MR) is 106 cm³/mol. The van der Waals surface area contributed by atoms with Crippen LogP contribution in [0.15, 0.2) is 53.7 Å². The van der Waals surface area contributed by atoms with Gasteiger partial charge in [-0.2, -0.15) is 0 Å². The minimum atomic E-state index is -0.123. The van der Waals surface area contributed by atoms with Gasteiger partial charge in [-0.25, -0.2) is 0 Å². The lowest BCUT2D eigenvalue weighted by molar-refractivity contribution is -0.133. The van der Waals surface area contributed by atoms with Crippen LogP contribution in [0, 0.1) is 6.92 Å². The van der Waals surface area contributed by atoms with Crippen LogP contribution in [0.1, 0.15) is 36.5 Å². The van der Waals surface area contributed by atoms with Crippen LogP contribution >= 0.6 is 0 Å². The molecule has 0 saturated carbocycles. The third-order valence-electron chi connectivity index (χ3n) is 4.70. The molecule has 0 saturated heterocycles. The van der Waals surface area contributed by atoms with Crippen LogP contribution in [0.4, 0.5) is 0 Å². The van der Waals surface area contributed by atoms with Crippen molar-refractivity contribution >= 4 is 11.6 Å². The summed E-state index contributed by atoms with van der Waals surface area (Å²) in [4.78, 5) is 19.9. The highest BCUT2D eigenvalue weighted by atomic mass is 16.6. The molecule has 0 N–H and O–H groups in total. The Morgan fingerprint density at radius 2 is 2.04 bits per heavy atom. The maximum absolute atomic E-state index is 12.4. The van der Waals surface area contributed by atoms with E-state index in [0.29, 0.717) is 25.9 Å². The molecule has 0 aromatic heterocycles. The summed E-state index contributed by atoms with van der Waals surface area (Å²) in [6, 6.07) is 16.1. The van der Waals surface area contributed by atoms with Crippen molar-refractivity contribution in [2.45, 2.75) is 39.3 Å². The van der Waals surface area contributed by atoms with Gasteiger partial charge < -0.3 is 14.5 Å². The number of oxime groups is 1. The second kappa shape index (κ2) is 8.71. The Bertz CT molecular complexity index is 815. The van der Waals surface area contributed by atoms with Crippen LogP contribution in [0.3, 0.4) is 0 Å². The second-order valence-electron chi connectivity index (χ2n) is 6.81. The van der Waals surface area contributed by atoms with Gasteiger partial charge >= 0.3 is 0 Å². The number of hydrogen-bond donors (Lipinski definition) is 0. The molecule has 2 aromatic carbocycles. The molecule has 2 aromatic rings. The maximum Gasteiger partial charge on any atom is 0.222 e. The molecular weight excluding hydrogens is 340 g/mol. The molecule has 0 aliphatic carbocycles. The molecule has 3 rings (SSSR count). The van der Waals surface area contributed by atoms with Gasteiger partial charge in [-0.05, 0) is 30.2 Å². The maximum atomic E-state index is 12.4. The van der Waals surface area contributed by atoms with E-state index in [9.17, 15) is 4.79 Å². The normalized spacial score (nSPS) is 15.8. The lowest BCUT2D eigenvalue weighted by Gasteiger charge is -2.24. The highest BCUT2D eigenvalue weighted by molar-refractivity contribution is 6.01. The van der Waals surface area contributed by atoms with E-state index in [2.05, 4.69) is 36.3 Å². The largest absolute Gasteiger partial charge is 0.497 e. The summed E-state index contributed by atoms with van der Waals surface area (Å²) >= 11 is 0. The number of carbonyl (C=O) groups is 1. The summed E-state index contributed by atoms with van der Waals surface area (Å²) < 4.78 is 5.28. The first-order chi connectivity index (χ1) is 13.1. The molecule has 5 heteroatoms. The van der Waals surface area contributed by atoms with Gasteiger partial charge in [0.25, 0.3) is 0 Å². The van der Waals surface area contributed by atoms with E-state index >= 15 is 0 Å². The van der Waals surface area contributed by atoms with Crippen molar-refractivity contribution in [2.24, 2.45) is 5.16 Å². The molecule has 27 heavy (non-hydrogen) atoms. The van der Waals surface area contributed by atoms with Crippen molar-refractivity contribution in [3.05, 3.63) is 65.2 Å². The minimum absolute atomic E-state index is 0.102. The molecule has 142 valence electrons. The first kappa shape index (κ1) is 19.0. The Morgan fingerprint density at radius 1 is 1.26 bits per heavy atom. The summed E-state index contributed by atoms with van der Waals surface area (Å²) in [5.41, 5.74) is 4.26. The Kier molecular flexibility index (Phi) is 6.12. The number of ether oxygens (including phenoxy) is 1. The Balaban J connectivity index is 1.65. The number of rotatable bonds is 7. The summed E-state index contributed by atoms with van der Waals surface area (Å²) in [5.74, 6) is 0.892. The molecule has 0 spiro atoms. The fraction of sp³-hybridized carbons (Fsp3) is 0.364. The van der Waals surface area contributed by atoms with Gasteiger partial charge in [-0.15, -0.1) is 0 Å². The Morgan fingerprint density at radius 3 is 2.74 bits per heavy atom.